The Bertz CT molecular complexity index is 611. The molecule has 1 unspecified atom stereocenters. The predicted molar refractivity (Wildman–Crippen MR) is 72.7 cm³/mol. The number of halogens is 3. The van der Waals surface area contributed by atoms with Gasteiger partial charge in [0.1, 0.15) is 17.5 Å². The van der Waals surface area contributed by atoms with E-state index in [-0.39, 0.29) is 18.4 Å². The summed E-state index contributed by atoms with van der Waals surface area (Å²) in [5, 5.41) is 3.15. The van der Waals surface area contributed by atoms with E-state index in [9.17, 15) is 13.2 Å². The molecule has 106 valence electrons. The lowest BCUT2D eigenvalue weighted by Gasteiger charge is -2.17. The molecule has 0 amide bonds. The van der Waals surface area contributed by atoms with Crippen molar-refractivity contribution in [2.24, 2.45) is 0 Å². The van der Waals surface area contributed by atoms with Crippen molar-refractivity contribution in [3.05, 3.63) is 70.5 Å². The van der Waals surface area contributed by atoms with Crippen LogP contribution in [0.2, 0.25) is 0 Å². The van der Waals surface area contributed by atoms with E-state index in [2.05, 4.69) is 5.32 Å². The van der Waals surface area contributed by atoms with Gasteiger partial charge >= 0.3 is 0 Å². The van der Waals surface area contributed by atoms with Gasteiger partial charge < -0.3 is 5.32 Å². The zero-order valence-corrected chi connectivity index (χ0v) is 11.4. The fourth-order valence-electron chi connectivity index (χ4n) is 2.16. The Morgan fingerprint density at radius 2 is 1.65 bits per heavy atom. The van der Waals surface area contributed by atoms with Crippen LogP contribution in [0.25, 0.3) is 0 Å². The van der Waals surface area contributed by atoms with Gasteiger partial charge in [0.2, 0.25) is 0 Å². The Balaban J connectivity index is 2.06. The molecular weight excluding hydrogens is 263 g/mol. The highest BCUT2D eigenvalue weighted by Gasteiger charge is 2.10. The molecule has 20 heavy (non-hydrogen) atoms. The molecule has 4 heteroatoms. The zero-order valence-electron chi connectivity index (χ0n) is 11.4. The maximum absolute atomic E-state index is 13.5. The largest absolute Gasteiger partial charge is 0.306 e. The molecule has 0 heterocycles. The minimum atomic E-state index is -0.589. The van der Waals surface area contributed by atoms with Crippen molar-refractivity contribution in [2.45, 2.75) is 26.4 Å². The number of hydrogen-bond acceptors (Lipinski definition) is 1. The first-order valence-corrected chi connectivity index (χ1v) is 6.40. The first kappa shape index (κ1) is 14.6. The molecule has 0 fully saturated rings. The lowest BCUT2D eigenvalue weighted by Crippen LogP contribution is -2.19. The van der Waals surface area contributed by atoms with Gasteiger partial charge in [-0.2, -0.15) is 0 Å². The molecule has 2 rings (SSSR count). The van der Waals surface area contributed by atoms with Gasteiger partial charge in [-0.1, -0.05) is 12.1 Å². The van der Waals surface area contributed by atoms with Crippen molar-refractivity contribution in [1.82, 2.24) is 5.32 Å². The Hall–Kier alpha value is -1.81. The lowest BCUT2D eigenvalue weighted by atomic mass is 10.0. The fourth-order valence-corrected chi connectivity index (χ4v) is 2.16. The SMILES string of the molecule is Cc1cc(F)ccc1C(C)NCc1ccc(F)cc1F. The van der Waals surface area contributed by atoms with E-state index in [1.165, 1.54) is 24.3 Å². The van der Waals surface area contributed by atoms with Gasteiger partial charge in [0, 0.05) is 24.2 Å². The van der Waals surface area contributed by atoms with Crippen LogP contribution < -0.4 is 5.32 Å². The van der Waals surface area contributed by atoms with Gasteiger partial charge in [-0.15, -0.1) is 0 Å². The molecule has 2 aromatic carbocycles. The second kappa shape index (κ2) is 6.09. The second-order valence-corrected chi connectivity index (χ2v) is 4.84. The Morgan fingerprint density at radius 3 is 2.30 bits per heavy atom. The minimum absolute atomic E-state index is 0.0555. The Morgan fingerprint density at radius 1 is 1.00 bits per heavy atom. The summed E-state index contributed by atoms with van der Waals surface area (Å²) in [6.45, 7) is 4.03. The van der Waals surface area contributed by atoms with Crippen molar-refractivity contribution in [3.63, 3.8) is 0 Å². The molecule has 0 spiro atoms. The summed E-state index contributed by atoms with van der Waals surface area (Å²) in [6, 6.07) is 8.04. The molecule has 0 aliphatic rings. The highest BCUT2D eigenvalue weighted by Crippen LogP contribution is 2.19. The Labute approximate surface area is 116 Å². The summed E-state index contributed by atoms with van der Waals surface area (Å²) in [6.07, 6.45) is 0. The van der Waals surface area contributed by atoms with Crippen molar-refractivity contribution in [2.75, 3.05) is 0 Å². The molecule has 0 saturated carbocycles. The summed E-state index contributed by atoms with van der Waals surface area (Å²) in [5.41, 5.74) is 2.19. The maximum atomic E-state index is 13.5. The van der Waals surface area contributed by atoms with Gasteiger partial charge in [-0.3, -0.25) is 0 Å². The topological polar surface area (TPSA) is 12.0 Å². The molecule has 1 atom stereocenters. The van der Waals surface area contributed by atoms with Crippen LogP contribution in [-0.2, 0) is 6.54 Å². The Kier molecular flexibility index (Phi) is 4.45. The second-order valence-electron chi connectivity index (χ2n) is 4.84. The first-order valence-electron chi connectivity index (χ1n) is 6.40. The molecule has 0 aromatic heterocycles. The van der Waals surface area contributed by atoms with Crippen LogP contribution in [0.1, 0.15) is 29.7 Å². The van der Waals surface area contributed by atoms with Gasteiger partial charge in [0.25, 0.3) is 0 Å². The molecule has 0 aliphatic heterocycles. The number of hydrogen-bond donors (Lipinski definition) is 1. The van der Waals surface area contributed by atoms with Crippen molar-refractivity contribution < 1.29 is 13.2 Å². The molecule has 0 aliphatic carbocycles. The first-order chi connectivity index (χ1) is 9.47. The fraction of sp³-hybridized carbons (Fsp3) is 0.250. The van der Waals surface area contributed by atoms with E-state index in [1.54, 1.807) is 6.07 Å². The number of aryl methyl sites for hydroxylation is 1. The van der Waals surface area contributed by atoms with Crippen molar-refractivity contribution in [3.8, 4) is 0 Å². The number of rotatable bonds is 4. The van der Waals surface area contributed by atoms with E-state index in [4.69, 9.17) is 0 Å². The van der Waals surface area contributed by atoms with E-state index in [0.29, 0.717) is 5.56 Å². The summed E-state index contributed by atoms with van der Waals surface area (Å²) < 4.78 is 39.4. The predicted octanol–water partition coefficient (Wildman–Crippen LogP) is 4.26. The van der Waals surface area contributed by atoms with E-state index < -0.39 is 11.6 Å². The molecular formula is C16H16F3N. The van der Waals surface area contributed by atoms with Crippen molar-refractivity contribution in [1.29, 1.82) is 0 Å². The standard InChI is InChI=1S/C16H16F3N/c1-10-7-13(17)5-6-15(10)11(2)20-9-12-3-4-14(18)8-16(12)19/h3-8,11,20H,9H2,1-2H3. The van der Waals surface area contributed by atoms with Crippen LogP contribution in [0.15, 0.2) is 36.4 Å². The zero-order chi connectivity index (χ0) is 14.7. The normalized spacial score (nSPS) is 12.4. The molecule has 0 bridgehead atoms. The lowest BCUT2D eigenvalue weighted by molar-refractivity contribution is 0.531. The van der Waals surface area contributed by atoms with Gasteiger partial charge in [-0.25, -0.2) is 13.2 Å². The van der Waals surface area contributed by atoms with Crippen LogP contribution in [0, 0.1) is 24.4 Å². The van der Waals surface area contributed by atoms with E-state index in [0.717, 1.165) is 17.2 Å². The third-order valence-corrected chi connectivity index (χ3v) is 3.31. The van der Waals surface area contributed by atoms with Crippen LogP contribution in [-0.4, -0.2) is 0 Å². The van der Waals surface area contributed by atoms with E-state index in [1.807, 2.05) is 13.8 Å². The average molecular weight is 279 g/mol. The monoisotopic (exact) mass is 279 g/mol. The van der Waals surface area contributed by atoms with Crippen LogP contribution in [0.3, 0.4) is 0 Å². The highest BCUT2D eigenvalue weighted by molar-refractivity contribution is 5.29. The summed E-state index contributed by atoms with van der Waals surface area (Å²) in [7, 11) is 0. The molecule has 1 N–H and O–H groups in total. The van der Waals surface area contributed by atoms with Gasteiger partial charge in [0.15, 0.2) is 0 Å². The highest BCUT2D eigenvalue weighted by atomic mass is 19.1. The van der Waals surface area contributed by atoms with Crippen LogP contribution in [0.5, 0.6) is 0 Å². The third kappa shape index (κ3) is 3.39. The minimum Gasteiger partial charge on any atom is -0.306 e. The smallest absolute Gasteiger partial charge is 0.130 e. The molecule has 2 aromatic rings. The number of nitrogens with one attached hydrogen (secondary N) is 1. The number of benzene rings is 2. The van der Waals surface area contributed by atoms with E-state index >= 15 is 0 Å². The average Bonchev–Trinajstić information content (AvgIpc) is 2.37. The van der Waals surface area contributed by atoms with Crippen molar-refractivity contribution >= 4 is 0 Å². The molecule has 1 nitrogen and oxygen atoms in total. The molecule has 0 radical (unpaired) electrons. The quantitative estimate of drug-likeness (QED) is 0.881. The maximum Gasteiger partial charge on any atom is 0.130 e. The molecule has 0 saturated heterocycles. The van der Waals surface area contributed by atoms with Gasteiger partial charge in [0.05, 0.1) is 0 Å². The van der Waals surface area contributed by atoms with Crippen LogP contribution >= 0.6 is 0 Å². The van der Waals surface area contributed by atoms with Gasteiger partial charge in [-0.05, 0) is 43.2 Å². The summed E-state index contributed by atoms with van der Waals surface area (Å²) in [5.74, 6) is -1.43. The van der Waals surface area contributed by atoms with Crippen LogP contribution in [0.4, 0.5) is 13.2 Å². The summed E-state index contributed by atoms with van der Waals surface area (Å²) in [4.78, 5) is 0. The summed E-state index contributed by atoms with van der Waals surface area (Å²) >= 11 is 0. The third-order valence-electron chi connectivity index (χ3n) is 3.31.